The minimum absolute atomic E-state index is 0.0781. The van der Waals surface area contributed by atoms with E-state index in [1.54, 1.807) is 30.3 Å². The van der Waals surface area contributed by atoms with Gasteiger partial charge < -0.3 is 10.1 Å². The zero-order valence-electron chi connectivity index (χ0n) is 13.9. The summed E-state index contributed by atoms with van der Waals surface area (Å²) in [6, 6.07) is 16.3. The van der Waals surface area contributed by atoms with Gasteiger partial charge in [-0.1, -0.05) is 24.3 Å². The number of esters is 1. The van der Waals surface area contributed by atoms with Crippen LogP contribution in [0.5, 0.6) is 0 Å². The Kier molecular flexibility index (Phi) is 4.53. The summed E-state index contributed by atoms with van der Waals surface area (Å²) in [6.45, 7) is 0. The van der Waals surface area contributed by atoms with Crippen LogP contribution in [-0.4, -0.2) is 19.0 Å². The fraction of sp³-hybridized carbons (Fsp3) is 0.250. The average molecular weight is 334 g/mol. The minimum Gasteiger partial charge on any atom is -0.465 e. The molecule has 0 aromatic heterocycles. The van der Waals surface area contributed by atoms with Gasteiger partial charge in [-0.05, 0) is 48.2 Å². The molecule has 0 bridgehead atoms. The van der Waals surface area contributed by atoms with Crippen molar-refractivity contribution < 1.29 is 14.3 Å². The third kappa shape index (κ3) is 3.69. The van der Waals surface area contributed by atoms with E-state index in [1.807, 2.05) is 18.2 Å². The van der Waals surface area contributed by atoms with Crippen molar-refractivity contribution in [3.8, 4) is 6.07 Å². The van der Waals surface area contributed by atoms with Crippen LogP contribution in [0.4, 0.5) is 0 Å². The Labute approximate surface area is 146 Å². The molecule has 0 aliphatic heterocycles. The molecule has 3 rings (SSSR count). The highest BCUT2D eigenvalue weighted by molar-refractivity contribution is 5.89. The summed E-state index contributed by atoms with van der Waals surface area (Å²) in [6.07, 6.45) is 1.98. The summed E-state index contributed by atoms with van der Waals surface area (Å²) < 4.78 is 4.66. The largest absolute Gasteiger partial charge is 0.465 e. The lowest BCUT2D eigenvalue weighted by Crippen LogP contribution is -2.35. The van der Waals surface area contributed by atoms with E-state index in [-0.39, 0.29) is 17.9 Å². The molecule has 2 aromatic carbocycles. The number of carbonyl (C=O) groups is 2. The predicted molar refractivity (Wildman–Crippen MR) is 91.7 cm³/mol. The van der Waals surface area contributed by atoms with Crippen molar-refractivity contribution in [2.24, 2.45) is 0 Å². The Balaban J connectivity index is 1.66. The second kappa shape index (κ2) is 6.78. The molecule has 1 aliphatic carbocycles. The predicted octanol–water partition coefficient (Wildman–Crippen LogP) is 2.69. The van der Waals surface area contributed by atoms with Gasteiger partial charge in [-0.3, -0.25) is 4.79 Å². The Morgan fingerprint density at radius 3 is 2.52 bits per heavy atom. The molecule has 5 nitrogen and oxygen atoms in total. The fourth-order valence-electron chi connectivity index (χ4n) is 2.87. The lowest BCUT2D eigenvalue weighted by molar-refractivity contribution is -0.121. The van der Waals surface area contributed by atoms with Crippen LogP contribution < -0.4 is 5.32 Å². The topological polar surface area (TPSA) is 79.2 Å². The van der Waals surface area contributed by atoms with Crippen LogP contribution in [0.15, 0.2) is 48.5 Å². The monoisotopic (exact) mass is 334 g/mol. The normalized spacial score (nSPS) is 14.2. The first-order chi connectivity index (χ1) is 12.1. The van der Waals surface area contributed by atoms with Crippen molar-refractivity contribution >= 4 is 11.9 Å². The highest BCUT2D eigenvalue weighted by atomic mass is 16.5. The molecule has 126 valence electrons. The SMILES string of the molecule is COC(=O)c1ccc(CC(=O)NC2(c3cccc(C#N)c3)CC2)cc1. The van der Waals surface area contributed by atoms with Crippen molar-refractivity contribution in [2.75, 3.05) is 7.11 Å². The highest BCUT2D eigenvalue weighted by Gasteiger charge is 2.45. The number of benzene rings is 2. The Hall–Kier alpha value is -3.13. The van der Waals surface area contributed by atoms with E-state index in [4.69, 9.17) is 5.26 Å². The van der Waals surface area contributed by atoms with E-state index in [2.05, 4.69) is 16.1 Å². The summed E-state index contributed by atoms with van der Waals surface area (Å²) in [4.78, 5) is 23.8. The molecule has 1 fully saturated rings. The molecule has 2 aromatic rings. The number of ether oxygens (including phenoxy) is 1. The first kappa shape index (κ1) is 16.7. The van der Waals surface area contributed by atoms with Gasteiger partial charge in [-0.2, -0.15) is 5.26 Å². The van der Waals surface area contributed by atoms with Crippen molar-refractivity contribution in [3.63, 3.8) is 0 Å². The first-order valence-corrected chi connectivity index (χ1v) is 8.05. The number of hydrogen-bond acceptors (Lipinski definition) is 4. The smallest absolute Gasteiger partial charge is 0.337 e. The van der Waals surface area contributed by atoms with E-state index in [1.165, 1.54) is 7.11 Å². The summed E-state index contributed by atoms with van der Waals surface area (Å²) >= 11 is 0. The second-order valence-corrected chi connectivity index (χ2v) is 6.19. The number of amides is 1. The molecule has 0 atom stereocenters. The number of hydrogen-bond donors (Lipinski definition) is 1. The standard InChI is InChI=1S/C20H18N2O3/c1-25-19(24)16-7-5-14(6-8-16)12-18(23)22-20(9-10-20)17-4-2-3-15(11-17)13-21/h2-8,11H,9-10,12H2,1H3,(H,22,23). The average Bonchev–Trinajstić information content (AvgIpc) is 3.42. The molecule has 5 heteroatoms. The van der Waals surface area contributed by atoms with E-state index >= 15 is 0 Å². The van der Waals surface area contributed by atoms with Gasteiger partial charge in [-0.15, -0.1) is 0 Å². The van der Waals surface area contributed by atoms with Crippen LogP contribution >= 0.6 is 0 Å². The van der Waals surface area contributed by atoms with Crippen molar-refractivity contribution in [3.05, 3.63) is 70.8 Å². The first-order valence-electron chi connectivity index (χ1n) is 8.05. The second-order valence-electron chi connectivity index (χ2n) is 6.19. The molecule has 1 amide bonds. The lowest BCUT2D eigenvalue weighted by atomic mass is 10.0. The molecule has 1 aliphatic rings. The molecule has 0 saturated heterocycles. The number of rotatable bonds is 5. The van der Waals surface area contributed by atoms with Crippen LogP contribution in [0, 0.1) is 11.3 Å². The molecule has 0 heterocycles. The molecule has 25 heavy (non-hydrogen) atoms. The summed E-state index contributed by atoms with van der Waals surface area (Å²) in [5.41, 5.74) is 2.50. The maximum Gasteiger partial charge on any atom is 0.337 e. The summed E-state index contributed by atoms with van der Waals surface area (Å²) in [5.74, 6) is -0.476. The van der Waals surface area contributed by atoms with Gasteiger partial charge in [0.1, 0.15) is 0 Å². The van der Waals surface area contributed by atoms with Crippen LogP contribution in [0.2, 0.25) is 0 Å². The number of nitrogens with zero attached hydrogens (tertiary/aromatic N) is 1. The quantitative estimate of drug-likeness (QED) is 0.853. The van der Waals surface area contributed by atoms with Gasteiger partial charge in [0, 0.05) is 0 Å². The molecular weight excluding hydrogens is 316 g/mol. The number of nitrogens with one attached hydrogen (secondary N) is 1. The lowest BCUT2D eigenvalue weighted by Gasteiger charge is -2.18. The molecule has 0 radical (unpaired) electrons. The van der Waals surface area contributed by atoms with E-state index in [0.29, 0.717) is 11.1 Å². The highest BCUT2D eigenvalue weighted by Crippen LogP contribution is 2.45. The zero-order chi connectivity index (χ0) is 17.9. The van der Waals surface area contributed by atoms with Gasteiger partial charge in [0.05, 0.1) is 36.3 Å². The molecule has 0 spiro atoms. The van der Waals surface area contributed by atoms with Gasteiger partial charge in [-0.25, -0.2) is 4.79 Å². The molecular formula is C20H18N2O3. The van der Waals surface area contributed by atoms with Gasteiger partial charge >= 0.3 is 5.97 Å². The number of methoxy groups -OCH3 is 1. The maximum atomic E-state index is 12.4. The Morgan fingerprint density at radius 1 is 1.20 bits per heavy atom. The van der Waals surface area contributed by atoms with Gasteiger partial charge in [0.25, 0.3) is 0 Å². The van der Waals surface area contributed by atoms with Gasteiger partial charge in [0.2, 0.25) is 5.91 Å². The number of carbonyl (C=O) groups excluding carboxylic acids is 2. The van der Waals surface area contributed by atoms with Gasteiger partial charge in [0.15, 0.2) is 0 Å². The van der Waals surface area contributed by atoms with Crippen molar-refractivity contribution in [1.82, 2.24) is 5.32 Å². The molecule has 1 saturated carbocycles. The summed E-state index contributed by atoms with van der Waals surface area (Å²) in [7, 11) is 1.33. The van der Waals surface area contributed by atoms with Crippen molar-refractivity contribution in [2.45, 2.75) is 24.8 Å². The zero-order valence-corrected chi connectivity index (χ0v) is 13.9. The third-order valence-electron chi connectivity index (χ3n) is 4.41. The van der Waals surface area contributed by atoms with E-state index in [9.17, 15) is 9.59 Å². The van der Waals surface area contributed by atoms with E-state index < -0.39 is 5.97 Å². The fourth-order valence-corrected chi connectivity index (χ4v) is 2.87. The molecule has 0 unspecified atom stereocenters. The molecule has 1 N–H and O–H groups in total. The third-order valence-corrected chi connectivity index (χ3v) is 4.41. The maximum absolute atomic E-state index is 12.4. The van der Waals surface area contributed by atoms with Crippen LogP contribution in [-0.2, 0) is 21.5 Å². The Bertz CT molecular complexity index is 846. The minimum atomic E-state index is -0.398. The van der Waals surface area contributed by atoms with Crippen LogP contribution in [0.25, 0.3) is 0 Å². The Morgan fingerprint density at radius 2 is 1.92 bits per heavy atom. The van der Waals surface area contributed by atoms with Crippen LogP contribution in [0.3, 0.4) is 0 Å². The van der Waals surface area contributed by atoms with Crippen molar-refractivity contribution in [1.29, 1.82) is 5.26 Å². The van der Waals surface area contributed by atoms with E-state index in [0.717, 1.165) is 24.0 Å². The summed E-state index contributed by atoms with van der Waals surface area (Å²) in [5, 5.41) is 12.1. The number of nitriles is 1. The van der Waals surface area contributed by atoms with Crippen LogP contribution in [0.1, 0.15) is 39.9 Å².